The molecule has 78 valence electrons. The van der Waals surface area contributed by atoms with Gasteiger partial charge in [-0.3, -0.25) is 4.79 Å². The lowest BCUT2D eigenvalue weighted by molar-refractivity contribution is 0.139. The minimum absolute atomic E-state index is 0.169. The summed E-state index contributed by atoms with van der Waals surface area (Å²) in [6, 6.07) is 0. The van der Waals surface area contributed by atoms with Crippen molar-refractivity contribution < 1.29 is 4.74 Å². The van der Waals surface area contributed by atoms with Gasteiger partial charge in [0.2, 0.25) is 5.43 Å². The van der Waals surface area contributed by atoms with Gasteiger partial charge >= 0.3 is 0 Å². The van der Waals surface area contributed by atoms with Gasteiger partial charge in [0.25, 0.3) is 0 Å². The molecule has 0 bridgehead atoms. The van der Waals surface area contributed by atoms with E-state index < -0.39 is 0 Å². The van der Waals surface area contributed by atoms with Gasteiger partial charge in [-0.2, -0.15) is 0 Å². The summed E-state index contributed by atoms with van der Waals surface area (Å²) < 4.78 is 7.50. The zero-order valence-electron chi connectivity index (χ0n) is 8.00. The number of hydrogen-bond acceptors (Lipinski definition) is 3. The molecule has 0 radical (unpaired) electrons. The van der Waals surface area contributed by atoms with E-state index in [2.05, 4.69) is 15.9 Å². The lowest BCUT2D eigenvalue weighted by Crippen LogP contribution is -2.14. The molecule has 1 aromatic rings. The molecule has 0 atom stereocenters. The van der Waals surface area contributed by atoms with Crippen LogP contribution in [0.3, 0.4) is 0 Å². The summed E-state index contributed by atoms with van der Waals surface area (Å²) >= 11 is 3.15. The van der Waals surface area contributed by atoms with Crippen molar-refractivity contribution in [2.45, 2.75) is 13.5 Å². The number of rotatable bonds is 4. The Balaban J connectivity index is 2.74. The number of nitrogens with two attached hydrogens (primary N) is 1. The molecule has 1 heterocycles. The van der Waals surface area contributed by atoms with Crippen molar-refractivity contribution in [2.24, 2.45) is 0 Å². The molecular weight excluding hydrogens is 248 g/mol. The van der Waals surface area contributed by atoms with Crippen LogP contribution in [0.5, 0.6) is 0 Å². The minimum Gasteiger partial charge on any atom is -0.394 e. The zero-order valence-corrected chi connectivity index (χ0v) is 9.58. The molecule has 0 aromatic carbocycles. The maximum Gasteiger partial charge on any atom is 0.218 e. The van der Waals surface area contributed by atoms with Crippen LogP contribution in [-0.2, 0) is 11.3 Å². The second kappa shape index (κ2) is 5.17. The Bertz CT molecular complexity index is 336. The number of halogens is 1. The van der Waals surface area contributed by atoms with Gasteiger partial charge in [-0.15, -0.1) is 0 Å². The third kappa shape index (κ3) is 2.85. The Kier molecular flexibility index (Phi) is 4.16. The first-order chi connectivity index (χ1) is 6.65. The number of aromatic nitrogens is 1. The number of anilines is 1. The van der Waals surface area contributed by atoms with Crippen molar-refractivity contribution in [2.75, 3.05) is 18.9 Å². The first-order valence-corrected chi connectivity index (χ1v) is 5.17. The van der Waals surface area contributed by atoms with Crippen LogP contribution in [0.25, 0.3) is 0 Å². The lowest BCUT2D eigenvalue weighted by atomic mass is 10.4. The van der Waals surface area contributed by atoms with E-state index in [1.54, 1.807) is 12.4 Å². The fraction of sp³-hybridized carbons (Fsp3) is 0.444. The zero-order chi connectivity index (χ0) is 10.6. The molecule has 0 saturated heterocycles. The highest BCUT2D eigenvalue weighted by molar-refractivity contribution is 9.10. The average Bonchev–Trinajstić information content (AvgIpc) is 2.14. The maximum absolute atomic E-state index is 11.2. The normalized spacial score (nSPS) is 10.4. The fourth-order valence-electron chi connectivity index (χ4n) is 1.06. The molecule has 0 saturated carbocycles. The van der Waals surface area contributed by atoms with Crippen LogP contribution in [0.15, 0.2) is 21.7 Å². The molecule has 4 nitrogen and oxygen atoms in total. The van der Waals surface area contributed by atoms with Crippen molar-refractivity contribution in [3.63, 3.8) is 0 Å². The quantitative estimate of drug-likeness (QED) is 0.829. The van der Waals surface area contributed by atoms with Gasteiger partial charge in [0.1, 0.15) is 0 Å². The SMILES string of the molecule is CCOCCn1cc(N)c(=O)c(Br)c1. The molecule has 0 aliphatic heterocycles. The molecule has 0 aliphatic carbocycles. The Morgan fingerprint density at radius 2 is 2.29 bits per heavy atom. The van der Waals surface area contributed by atoms with Crippen molar-refractivity contribution in [1.82, 2.24) is 4.57 Å². The van der Waals surface area contributed by atoms with E-state index in [-0.39, 0.29) is 11.1 Å². The number of nitrogens with zero attached hydrogens (tertiary/aromatic N) is 1. The molecule has 5 heteroatoms. The van der Waals surface area contributed by atoms with Crippen LogP contribution >= 0.6 is 15.9 Å². The van der Waals surface area contributed by atoms with Crippen LogP contribution in [0, 0.1) is 0 Å². The Hall–Kier alpha value is -0.810. The predicted octanol–water partition coefficient (Wildman–Crippen LogP) is 1.23. The van der Waals surface area contributed by atoms with E-state index in [4.69, 9.17) is 10.5 Å². The molecule has 0 spiro atoms. The fourth-order valence-corrected chi connectivity index (χ4v) is 1.55. The summed E-state index contributed by atoms with van der Waals surface area (Å²) in [7, 11) is 0. The molecule has 1 rings (SSSR count). The summed E-state index contributed by atoms with van der Waals surface area (Å²) in [4.78, 5) is 11.2. The Morgan fingerprint density at radius 3 is 2.86 bits per heavy atom. The molecule has 0 amide bonds. The largest absolute Gasteiger partial charge is 0.394 e. The molecule has 0 unspecified atom stereocenters. The first kappa shape index (κ1) is 11.3. The summed E-state index contributed by atoms with van der Waals surface area (Å²) in [6.45, 7) is 3.94. The number of nitrogen functional groups attached to an aromatic ring is 1. The number of pyridine rings is 1. The summed E-state index contributed by atoms with van der Waals surface area (Å²) in [5, 5.41) is 0. The Morgan fingerprint density at radius 1 is 1.57 bits per heavy atom. The van der Waals surface area contributed by atoms with E-state index in [9.17, 15) is 4.79 Å². The topological polar surface area (TPSA) is 57.2 Å². The van der Waals surface area contributed by atoms with Crippen molar-refractivity contribution in [3.8, 4) is 0 Å². The standard InChI is InChI=1S/C9H13BrN2O2/c1-2-14-4-3-12-5-7(10)9(13)8(11)6-12/h5-6H,2-4,11H2,1H3. The monoisotopic (exact) mass is 260 g/mol. The van der Waals surface area contributed by atoms with Crippen LogP contribution in [0.4, 0.5) is 5.69 Å². The molecular formula is C9H13BrN2O2. The van der Waals surface area contributed by atoms with Gasteiger partial charge in [-0.05, 0) is 22.9 Å². The summed E-state index contributed by atoms with van der Waals surface area (Å²) in [5.41, 5.74) is 5.60. The highest BCUT2D eigenvalue weighted by atomic mass is 79.9. The smallest absolute Gasteiger partial charge is 0.218 e. The van der Waals surface area contributed by atoms with Gasteiger partial charge in [0.05, 0.1) is 16.8 Å². The highest BCUT2D eigenvalue weighted by Crippen LogP contribution is 2.05. The maximum atomic E-state index is 11.2. The predicted molar refractivity (Wildman–Crippen MR) is 59.3 cm³/mol. The van der Waals surface area contributed by atoms with E-state index in [0.717, 1.165) is 0 Å². The molecule has 0 fully saturated rings. The minimum atomic E-state index is -0.169. The molecule has 14 heavy (non-hydrogen) atoms. The Labute approximate surface area is 90.8 Å². The third-order valence-electron chi connectivity index (χ3n) is 1.76. The molecule has 0 aliphatic rings. The van der Waals surface area contributed by atoms with E-state index in [1.807, 2.05) is 11.5 Å². The van der Waals surface area contributed by atoms with Gasteiger partial charge < -0.3 is 15.0 Å². The average molecular weight is 261 g/mol. The van der Waals surface area contributed by atoms with Gasteiger partial charge in [0.15, 0.2) is 0 Å². The van der Waals surface area contributed by atoms with Gasteiger partial charge in [-0.1, -0.05) is 0 Å². The van der Waals surface area contributed by atoms with Crippen LogP contribution in [0.2, 0.25) is 0 Å². The van der Waals surface area contributed by atoms with E-state index in [1.165, 1.54) is 0 Å². The third-order valence-corrected chi connectivity index (χ3v) is 2.33. The van der Waals surface area contributed by atoms with Crippen LogP contribution < -0.4 is 11.2 Å². The molecule has 1 aromatic heterocycles. The second-order valence-electron chi connectivity index (χ2n) is 2.83. The highest BCUT2D eigenvalue weighted by Gasteiger charge is 2.01. The van der Waals surface area contributed by atoms with Crippen molar-refractivity contribution in [1.29, 1.82) is 0 Å². The number of ether oxygens (including phenoxy) is 1. The van der Waals surface area contributed by atoms with Crippen LogP contribution in [0.1, 0.15) is 6.92 Å². The summed E-state index contributed by atoms with van der Waals surface area (Å²) in [5.74, 6) is 0. The van der Waals surface area contributed by atoms with Crippen molar-refractivity contribution in [3.05, 3.63) is 27.1 Å². The lowest BCUT2D eigenvalue weighted by Gasteiger charge is -2.07. The molecule has 2 N–H and O–H groups in total. The number of hydrogen-bond donors (Lipinski definition) is 1. The van der Waals surface area contributed by atoms with E-state index in [0.29, 0.717) is 24.2 Å². The summed E-state index contributed by atoms with van der Waals surface area (Å²) in [6.07, 6.45) is 3.32. The van der Waals surface area contributed by atoms with Gasteiger partial charge in [0, 0.05) is 25.5 Å². The van der Waals surface area contributed by atoms with E-state index >= 15 is 0 Å². The van der Waals surface area contributed by atoms with Crippen molar-refractivity contribution >= 4 is 21.6 Å². The van der Waals surface area contributed by atoms with Gasteiger partial charge in [-0.25, -0.2) is 0 Å². The first-order valence-electron chi connectivity index (χ1n) is 4.38. The second-order valence-corrected chi connectivity index (χ2v) is 3.68. The van der Waals surface area contributed by atoms with Crippen LogP contribution in [-0.4, -0.2) is 17.8 Å².